The van der Waals surface area contributed by atoms with Crippen LogP contribution in [0.15, 0.2) is 18.3 Å². The van der Waals surface area contributed by atoms with Crippen LogP contribution in [0.2, 0.25) is 0 Å². The summed E-state index contributed by atoms with van der Waals surface area (Å²) in [7, 11) is 0. The van der Waals surface area contributed by atoms with Crippen LogP contribution in [0.5, 0.6) is 5.75 Å². The second-order valence-corrected chi connectivity index (χ2v) is 10.9. The maximum Gasteiger partial charge on any atom is 0.298 e. The van der Waals surface area contributed by atoms with Crippen molar-refractivity contribution in [2.45, 2.75) is 58.1 Å². The zero-order valence-corrected chi connectivity index (χ0v) is 23.2. The first kappa shape index (κ1) is 26.4. The molecule has 0 bridgehead atoms. The number of aryl methyl sites for hydroxylation is 1. The number of pyridine rings is 2. The minimum atomic E-state index is -0.122. The fourth-order valence-electron chi connectivity index (χ4n) is 6.33. The van der Waals surface area contributed by atoms with Gasteiger partial charge in [-0.25, -0.2) is 4.98 Å². The largest absolute Gasteiger partial charge is 0.485 e. The number of likely N-dealkylation sites (tertiary alicyclic amines) is 2. The van der Waals surface area contributed by atoms with Crippen LogP contribution in [0.3, 0.4) is 0 Å². The van der Waals surface area contributed by atoms with Gasteiger partial charge in [0.05, 0.1) is 30.2 Å². The van der Waals surface area contributed by atoms with Gasteiger partial charge in [0.1, 0.15) is 12.4 Å². The highest BCUT2D eigenvalue weighted by Gasteiger charge is 2.35. The molecule has 1 N–H and O–H groups in total. The number of piperidine rings is 2. The van der Waals surface area contributed by atoms with Gasteiger partial charge in [-0.3, -0.25) is 14.6 Å². The molecule has 4 aliphatic rings. The van der Waals surface area contributed by atoms with Crippen LogP contribution < -0.4 is 15.0 Å². The molecule has 3 saturated heterocycles. The molecule has 210 valence electrons. The average Bonchev–Trinajstić information content (AvgIpc) is 3.17. The van der Waals surface area contributed by atoms with Crippen molar-refractivity contribution in [1.82, 2.24) is 19.8 Å². The summed E-state index contributed by atoms with van der Waals surface area (Å²) in [5, 5.41) is 3.53. The van der Waals surface area contributed by atoms with Crippen molar-refractivity contribution in [3.05, 3.63) is 35.3 Å². The molecule has 0 spiro atoms. The normalized spacial score (nSPS) is 21.3. The Morgan fingerprint density at radius 2 is 1.93 bits per heavy atom. The fraction of sp³-hybridized carbons (Fsp3) is 0.533. The van der Waals surface area contributed by atoms with Crippen LogP contribution in [0.1, 0.15) is 55.5 Å². The molecule has 1 unspecified atom stereocenters. The van der Waals surface area contributed by atoms with E-state index < -0.39 is 0 Å². The van der Waals surface area contributed by atoms with Crippen molar-refractivity contribution >= 4 is 29.0 Å². The second-order valence-electron chi connectivity index (χ2n) is 10.9. The van der Waals surface area contributed by atoms with Gasteiger partial charge in [0.15, 0.2) is 5.75 Å². The Morgan fingerprint density at radius 3 is 2.67 bits per heavy atom. The van der Waals surface area contributed by atoms with Crippen LogP contribution in [0.4, 0.5) is 17.2 Å². The molecule has 0 radical (unpaired) electrons. The lowest BCUT2D eigenvalue weighted by atomic mass is 9.89. The van der Waals surface area contributed by atoms with Crippen LogP contribution in [0, 0.1) is 18.8 Å². The Kier molecular flexibility index (Phi) is 7.48. The standard InChI is InChI=1S/C30H36N6O4/c1-3-4-27(37)35-10-7-22(8-11-35)36-12-6-21(17-28(36)38)24-18-25-29(20(2)32-24)40-19-23-26(5-9-31-30(23)33-25)34-13-15-39-16-14-34/h5,9,18,21-22H,6-8,10-17,19H2,1-2H3,(H,31,33). The molecular weight excluding hydrogens is 508 g/mol. The fourth-order valence-corrected chi connectivity index (χ4v) is 6.33. The summed E-state index contributed by atoms with van der Waals surface area (Å²) in [6, 6.07) is 4.25. The van der Waals surface area contributed by atoms with Crippen LogP contribution >= 0.6 is 0 Å². The molecule has 0 aliphatic carbocycles. The number of hydrogen-bond acceptors (Lipinski definition) is 8. The highest BCUT2D eigenvalue weighted by Crippen LogP contribution is 2.41. The number of hydrogen-bond donors (Lipinski definition) is 1. The van der Waals surface area contributed by atoms with E-state index >= 15 is 0 Å². The Labute approximate surface area is 235 Å². The molecule has 2 amide bonds. The summed E-state index contributed by atoms with van der Waals surface area (Å²) < 4.78 is 11.8. The monoisotopic (exact) mass is 544 g/mol. The number of rotatable bonds is 3. The predicted octanol–water partition coefficient (Wildman–Crippen LogP) is 2.98. The van der Waals surface area contributed by atoms with Gasteiger partial charge < -0.3 is 29.5 Å². The predicted molar refractivity (Wildman–Crippen MR) is 151 cm³/mol. The van der Waals surface area contributed by atoms with Crippen LogP contribution in [0.25, 0.3) is 0 Å². The topological polar surface area (TPSA) is 100 Å². The summed E-state index contributed by atoms with van der Waals surface area (Å²) in [5.41, 5.74) is 4.70. The number of amides is 2. The van der Waals surface area contributed by atoms with Crippen LogP contribution in [-0.2, 0) is 20.9 Å². The third-order valence-electron chi connectivity index (χ3n) is 8.46. The lowest BCUT2D eigenvalue weighted by Crippen LogP contribution is -2.50. The highest BCUT2D eigenvalue weighted by atomic mass is 16.5. The Balaban J connectivity index is 1.15. The van der Waals surface area contributed by atoms with E-state index in [1.807, 2.05) is 30.2 Å². The first-order chi connectivity index (χ1) is 19.5. The molecule has 6 rings (SSSR count). The molecule has 6 heterocycles. The van der Waals surface area contributed by atoms with E-state index in [2.05, 4.69) is 27.0 Å². The lowest BCUT2D eigenvalue weighted by molar-refractivity contribution is -0.138. The maximum atomic E-state index is 13.3. The van der Waals surface area contributed by atoms with Gasteiger partial charge in [-0.15, -0.1) is 0 Å². The molecule has 2 aromatic heterocycles. The summed E-state index contributed by atoms with van der Waals surface area (Å²) in [6.07, 6.45) is 4.72. The molecular formula is C30H36N6O4. The molecule has 40 heavy (non-hydrogen) atoms. The molecule has 4 aliphatic heterocycles. The van der Waals surface area contributed by atoms with Gasteiger partial charge in [0, 0.05) is 68.7 Å². The van der Waals surface area contributed by atoms with E-state index in [1.165, 1.54) is 0 Å². The number of nitrogens with one attached hydrogen (secondary N) is 1. The number of fused-ring (bicyclic) bond motifs is 2. The van der Waals surface area contributed by atoms with Gasteiger partial charge in [-0.05, 0) is 51.2 Å². The molecule has 0 saturated carbocycles. The zero-order chi connectivity index (χ0) is 27.6. The molecule has 10 heteroatoms. The lowest BCUT2D eigenvalue weighted by Gasteiger charge is -2.41. The molecule has 3 fully saturated rings. The van der Waals surface area contributed by atoms with Gasteiger partial charge in [-0.2, -0.15) is 0 Å². The highest BCUT2D eigenvalue weighted by molar-refractivity contribution is 5.93. The van der Waals surface area contributed by atoms with E-state index in [1.54, 1.807) is 11.8 Å². The quantitative estimate of drug-likeness (QED) is 0.589. The van der Waals surface area contributed by atoms with Crippen molar-refractivity contribution in [3.63, 3.8) is 0 Å². The third kappa shape index (κ3) is 5.18. The average molecular weight is 545 g/mol. The third-order valence-corrected chi connectivity index (χ3v) is 8.46. The van der Waals surface area contributed by atoms with E-state index in [-0.39, 0.29) is 23.8 Å². The minimum absolute atomic E-state index is 0.0476. The van der Waals surface area contributed by atoms with Crippen molar-refractivity contribution in [3.8, 4) is 17.6 Å². The van der Waals surface area contributed by atoms with Crippen molar-refractivity contribution in [2.75, 3.05) is 56.2 Å². The number of morpholine rings is 1. The number of nitrogens with zero attached hydrogens (tertiary/aromatic N) is 5. The van der Waals surface area contributed by atoms with Gasteiger partial charge >= 0.3 is 0 Å². The Bertz CT molecular complexity index is 1350. The van der Waals surface area contributed by atoms with E-state index in [0.29, 0.717) is 45.9 Å². The maximum absolute atomic E-state index is 13.3. The van der Waals surface area contributed by atoms with Gasteiger partial charge in [0.25, 0.3) is 5.91 Å². The van der Waals surface area contributed by atoms with Crippen LogP contribution in [-0.4, -0.2) is 83.6 Å². The Hall–Kier alpha value is -3.84. The number of aromatic nitrogens is 2. The second kappa shape index (κ2) is 11.3. The minimum Gasteiger partial charge on any atom is -0.485 e. The van der Waals surface area contributed by atoms with E-state index in [0.717, 1.165) is 72.2 Å². The van der Waals surface area contributed by atoms with Crippen molar-refractivity contribution in [1.29, 1.82) is 0 Å². The summed E-state index contributed by atoms with van der Waals surface area (Å²) in [4.78, 5) is 41.1. The molecule has 0 aromatic carbocycles. The number of anilines is 3. The number of ether oxygens (including phenoxy) is 2. The molecule has 2 aromatic rings. The summed E-state index contributed by atoms with van der Waals surface area (Å²) in [5.74, 6) is 6.91. The SMILES string of the molecule is CC#CC(=O)N1CCC(N2CCC(c3cc4c(c(C)n3)OCc3c(N5CCOCC5)ccnc3N4)CC2=O)CC1. The first-order valence-electron chi connectivity index (χ1n) is 14.2. The van der Waals surface area contributed by atoms with Gasteiger partial charge in [0.2, 0.25) is 5.91 Å². The Morgan fingerprint density at radius 1 is 1.12 bits per heavy atom. The van der Waals surface area contributed by atoms with Gasteiger partial charge in [-0.1, -0.05) is 5.92 Å². The summed E-state index contributed by atoms with van der Waals surface area (Å²) in [6.45, 7) is 9.13. The number of carbonyl (C=O) groups is 2. The smallest absolute Gasteiger partial charge is 0.298 e. The van der Waals surface area contributed by atoms with E-state index in [4.69, 9.17) is 14.5 Å². The first-order valence-corrected chi connectivity index (χ1v) is 14.2. The van der Waals surface area contributed by atoms with Crippen molar-refractivity contribution < 1.29 is 19.1 Å². The summed E-state index contributed by atoms with van der Waals surface area (Å²) >= 11 is 0. The zero-order valence-electron chi connectivity index (χ0n) is 23.2. The molecule has 10 nitrogen and oxygen atoms in total. The molecule has 1 atom stereocenters. The van der Waals surface area contributed by atoms with E-state index in [9.17, 15) is 9.59 Å². The number of carbonyl (C=O) groups excluding carboxylic acids is 2. The van der Waals surface area contributed by atoms with Crippen molar-refractivity contribution in [2.24, 2.45) is 0 Å².